The van der Waals surface area contributed by atoms with Gasteiger partial charge in [-0.15, -0.1) is 0 Å². The van der Waals surface area contributed by atoms with Crippen LogP contribution in [-0.4, -0.2) is 33.6 Å². The number of carbonyl (C=O) groups is 2. The molecule has 0 saturated carbocycles. The standard InChI is InChI=1S/C24H25N3O4/c1-4-31-23(30)24(14-13-16-9-5-6-10-17(16)20(24)28)26-27-21(15(2)3)25-19-12-8-7-11-18(19)22(27)29/h5-12,15,26H,4,13-14H2,1-3H3. The first-order chi connectivity index (χ1) is 14.9. The van der Waals surface area contributed by atoms with Crippen LogP contribution in [0.2, 0.25) is 0 Å². The van der Waals surface area contributed by atoms with E-state index in [9.17, 15) is 14.4 Å². The van der Waals surface area contributed by atoms with Crippen LogP contribution in [0.4, 0.5) is 0 Å². The summed E-state index contributed by atoms with van der Waals surface area (Å²) in [6.45, 7) is 5.63. The number of ketones is 1. The van der Waals surface area contributed by atoms with Crippen LogP contribution in [0.3, 0.4) is 0 Å². The first kappa shape index (κ1) is 20.8. The van der Waals surface area contributed by atoms with Gasteiger partial charge >= 0.3 is 5.97 Å². The largest absolute Gasteiger partial charge is 0.464 e. The molecule has 0 bridgehead atoms. The van der Waals surface area contributed by atoms with E-state index in [1.54, 1.807) is 37.3 Å². The summed E-state index contributed by atoms with van der Waals surface area (Å²) in [6.07, 6.45) is 0.680. The Bertz CT molecular complexity index is 1230. The van der Waals surface area contributed by atoms with Crippen LogP contribution in [0, 0.1) is 0 Å². The topological polar surface area (TPSA) is 90.3 Å². The number of para-hydroxylation sites is 1. The normalized spacial score (nSPS) is 18.1. The number of Topliss-reactive ketones (excluding diaryl/α,β-unsaturated/α-hetero) is 1. The average molecular weight is 419 g/mol. The molecule has 1 aliphatic carbocycles. The van der Waals surface area contributed by atoms with Crippen molar-refractivity contribution in [3.8, 4) is 0 Å². The number of fused-ring (bicyclic) bond motifs is 2. The van der Waals surface area contributed by atoms with Crippen molar-refractivity contribution in [1.29, 1.82) is 0 Å². The summed E-state index contributed by atoms with van der Waals surface area (Å²) in [5, 5.41) is 0.405. The summed E-state index contributed by atoms with van der Waals surface area (Å²) in [4.78, 5) is 44.8. The number of aryl methyl sites for hydroxylation is 1. The predicted octanol–water partition coefficient (Wildman–Crippen LogP) is 3.19. The van der Waals surface area contributed by atoms with Gasteiger partial charge in [-0.1, -0.05) is 50.2 Å². The number of nitrogens with zero attached hydrogens (tertiary/aromatic N) is 2. The molecule has 7 heteroatoms. The maximum absolute atomic E-state index is 13.6. The fourth-order valence-corrected chi connectivity index (χ4v) is 4.06. The van der Waals surface area contributed by atoms with Gasteiger partial charge in [-0.3, -0.25) is 15.0 Å². The van der Waals surface area contributed by atoms with Gasteiger partial charge in [-0.25, -0.2) is 14.5 Å². The SMILES string of the molecule is CCOC(=O)C1(Nn2c(C(C)C)nc3ccccc3c2=O)CCc2ccccc2C1=O. The second kappa shape index (κ2) is 7.98. The Hall–Kier alpha value is -3.48. The lowest BCUT2D eigenvalue weighted by atomic mass is 9.77. The molecule has 0 saturated heterocycles. The zero-order chi connectivity index (χ0) is 22.2. The number of aromatic nitrogens is 2. The summed E-state index contributed by atoms with van der Waals surface area (Å²) in [5.74, 6) is -0.777. The van der Waals surface area contributed by atoms with E-state index < -0.39 is 17.3 Å². The highest BCUT2D eigenvalue weighted by atomic mass is 16.5. The van der Waals surface area contributed by atoms with E-state index in [4.69, 9.17) is 4.74 Å². The third kappa shape index (κ3) is 3.40. The molecule has 0 spiro atoms. The fraction of sp³-hybridized carbons (Fsp3) is 0.333. The predicted molar refractivity (Wildman–Crippen MR) is 118 cm³/mol. The molecule has 0 radical (unpaired) electrons. The first-order valence-corrected chi connectivity index (χ1v) is 10.5. The van der Waals surface area contributed by atoms with Crippen LogP contribution in [-0.2, 0) is 16.0 Å². The van der Waals surface area contributed by atoms with E-state index in [0.29, 0.717) is 28.7 Å². The highest BCUT2D eigenvalue weighted by Gasteiger charge is 2.51. The van der Waals surface area contributed by atoms with E-state index >= 15 is 0 Å². The highest BCUT2D eigenvalue weighted by molar-refractivity contribution is 6.19. The van der Waals surface area contributed by atoms with Gasteiger partial charge in [0.2, 0.25) is 11.3 Å². The van der Waals surface area contributed by atoms with Crippen LogP contribution < -0.4 is 11.0 Å². The minimum Gasteiger partial charge on any atom is -0.464 e. The zero-order valence-corrected chi connectivity index (χ0v) is 17.8. The third-order valence-corrected chi connectivity index (χ3v) is 5.66. The molecule has 0 amide bonds. The van der Waals surface area contributed by atoms with Crippen LogP contribution in [0.1, 0.15) is 54.9 Å². The number of nitrogens with one attached hydrogen (secondary N) is 1. The van der Waals surface area contributed by atoms with E-state index in [-0.39, 0.29) is 24.5 Å². The number of carbonyl (C=O) groups excluding carboxylic acids is 2. The molecule has 1 aromatic heterocycles. The maximum Gasteiger partial charge on any atom is 0.341 e. The van der Waals surface area contributed by atoms with Crippen LogP contribution in [0.25, 0.3) is 10.9 Å². The zero-order valence-electron chi connectivity index (χ0n) is 17.8. The second-order valence-corrected chi connectivity index (χ2v) is 8.01. The molecule has 160 valence electrons. The van der Waals surface area contributed by atoms with Crippen LogP contribution in [0.5, 0.6) is 0 Å². The summed E-state index contributed by atoms with van der Waals surface area (Å²) in [6, 6.07) is 14.2. The number of ether oxygens (including phenoxy) is 1. The van der Waals surface area contributed by atoms with Crippen molar-refractivity contribution >= 4 is 22.7 Å². The van der Waals surface area contributed by atoms with Crippen molar-refractivity contribution in [3.05, 3.63) is 75.8 Å². The lowest BCUT2D eigenvalue weighted by Crippen LogP contribution is -2.61. The Labute approximate surface area is 180 Å². The van der Waals surface area contributed by atoms with Gasteiger partial charge in [0.05, 0.1) is 17.5 Å². The van der Waals surface area contributed by atoms with Gasteiger partial charge in [0.15, 0.2) is 0 Å². The van der Waals surface area contributed by atoms with Crippen molar-refractivity contribution in [1.82, 2.24) is 9.66 Å². The lowest BCUT2D eigenvalue weighted by Gasteiger charge is -2.36. The quantitative estimate of drug-likeness (QED) is 0.505. The number of benzene rings is 2. The molecular weight excluding hydrogens is 394 g/mol. The Morgan fingerprint density at radius 2 is 1.87 bits per heavy atom. The summed E-state index contributed by atoms with van der Waals surface area (Å²) < 4.78 is 6.57. The number of rotatable bonds is 5. The number of esters is 1. The number of hydrogen-bond acceptors (Lipinski definition) is 6. The first-order valence-electron chi connectivity index (χ1n) is 10.5. The maximum atomic E-state index is 13.6. The Kier molecular flexibility index (Phi) is 5.35. The Morgan fingerprint density at radius 1 is 1.16 bits per heavy atom. The van der Waals surface area contributed by atoms with E-state index in [2.05, 4.69) is 10.4 Å². The molecule has 3 aromatic rings. The smallest absolute Gasteiger partial charge is 0.341 e. The molecule has 0 aliphatic heterocycles. The summed E-state index contributed by atoms with van der Waals surface area (Å²) in [5.41, 5.74) is 2.84. The monoisotopic (exact) mass is 419 g/mol. The molecule has 31 heavy (non-hydrogen) atoms. The molecule has 4 rings (SSSR count). The lowest BCUT2D eigenvalue weighted by molar-refractivity contribution is -0.147. The molecule has 1 heterocycles. The molecule has 0 fully saturated rings. The van der Waals surface area contributed by atoms with Gasteiger partial charge in [0.25, 0.3) is 5.56 Å². The van der Waals surface area contributed by atoms with Gasteiger partial charge in [-0.05, 0) is 37.5 Å². The van der Waals surface area contributed by atoms with E-state index in [0.717, 1.165) is 5.56 Å². The molecule has 7 nitrogen and oxygen atoms in total. The van der Waals surface area contributed by atoms with Crippen molar-refractivity contribution in [2.45, 2.75) is 45.1 Å². The average Bonchev–Trinajstić information content (AvgIpc) is 2.77. The Morgan fingerprint density at radius 3 is 2.61 bits per heavy atom. The summed E-state index contributed by atoms with van der Waals surface area (Å²) in [7, 11) is 0. The molecular formula is C24H25N3O4. The molecule has 1 unspecified atom stereocenters. The van der Waals surface area contributed by atoms with E-state index in [1.165, 1.54) is 4.68 Å². The fourth-order valence-electron chi connectivity index (χ4n) is 4.06. The number of hydrogen-bond donors (Lipinski definition) is 1. The molecule has 1 atom stereocenters. The summed E-state index contributed by atoms with van der Waals surface area (Å²) >= 11 is 0. The van der Waals surface area contributed by atoms with Gasteiger partial charge in [-0.2, -0.15) is 0 Å². The molecule has 1 aliphatic rings. The Balaban J connectivity index is 1.92. The minimum atomic E-state index is -1.71. The highest BCUT2D eigenvalue weighted by Crippen LogP contribution is 2.31. The minimum absolute atomic E-state index is 0.124. The van der Waals surface area contributed by atoms with Gasteiger partial charge < -0.3 is 4.74 Å². The van der Waals surface area contributed by atoms with Gasteiger partial charge in [0.1, 0.15) is 5.82 Å². The molecule has 2 aromatic carbocycles. The van der Waals surface area contributed by atoms with Crippen molar-refractivity contribution < 1.29 is 14.3 Å². The van der Waals surface area contributed by atoms with Gasteiger partial charge in [0, 0.05) is 11.5 Å². The van der Waals surface area contributed by atoms with Crippen LogP contribution in [0.15, 0.2) is 53.3 Å². The third-order valence-electron chi connectivity index (χ3n) is 5.66. The second-order valence-electron chi connectivity index (χ2n) is 8.01. The van der Waals surface area contributed by atoms with Crippen LogP contribution >= 0.6 is 0 Å². The van der Waals surface area contributed by atoms with Crippen molar-refractivity contribution in [2.75, 3.05) is 12.0 Å². The van der Waals surface area contributed by atoms with E-state index in [1.807, 2.05) is 32.0 Å². The molecule has 1 N–H and O–H groups in total. The van der Waals surface area contributed by atoms with Crippen molar-refractivity contribution in [2.24, 2.45) is 0 Å². The van der Waals surface area contributed by atoms with Crippen molar-refractivity contribution in [3.63, 3.8) is 0 Å².